The molecule has 1 aromatic heterocycles. The molecule has 1 unspecified atom stereocenters. The van der Waals surface area contributed by atoms with E-state index in [9.17, 15) is 28.6 Å². The molecule has 0 aliphatic heterocycles. The Hall–Kier alpha value is -3.22. The molecular weight excluding hydrogens is 344 g/mol. The SMILES string of the molecule is Cc1c(C(C)C(=O)O)c2cc(O)c(F)cc2n1C(=O)c1ccc(F)cc1. The van der Waals surface area contributed by atoms with Crippen molar-refractivity contribution in [2.75, 3.05) is 0 Å². The first kappa shape index (κ1) is 17.6. The summed E-state index contributed by atoms with van der Waals surface area (Å²) in [4.78, 5) is 24.4. The van der Waals surface area contributed by atoms with Gasteiger partial charge in [-0.25, -0.2) is 8.78 Å². The first-order valence-electron chi connectivity index (χ1n) is 7.79. The predicted octanol–water partition coefficient (Wildman–Crippen LogP) is 3.81. The number of halogens is 2. The van der Waals surface area contributed by atoms with E-state index in [-0.39, 0.29) is 16.5 Å². The molecule has 5 nitrogen and oxygen atoms in total. The van der Waals surface area contributed by atoms with Crippen LogP contribution in [0.4, 0.5) is 8.78 Å². The van der Waals surface area contributed by atoms with Gasteiger partial charge in [0.2, 0.25) is 0 Å². The van der Waals surface area contributed by atoms with Gasteiger partial charge in [0.1, 0.15) is 5.82 Å². The van der Waals surface area contributed by atoms with Crippen LogP contribution < -0.4 is 0 Å². The Morgan fingerprint density at radius 3 is 2.31 bits per heavy atom. The van der Waals surface area contributed by atoms with Crippen molar-refractivity contribution in [3.63, 3.8) is 0 Å². The molecule has 2 aromatic carbocycles. The Bertz CT molecular complexity index is 1040. The number of hydrogen-bond acceptors (Lipinski definition) is 3. The number of carbonyl (C=O) groups is 2. The summed E-state index contributed by atoms with van der Waals surface area (Å²) in [6.07, 6.45) is 0. The van der Waals surface area contributed by atoms with E-state index in [2.05, 4.69) is 0 Å². The highest BCUT2D eigenvalue weighted by molar-refractivity contribution is 6.05. The fourth-order valence-corrected chi connectivity index (χ4v) is 3.10. The van der Waals surface area contributed by atoms with Gasteiger partial charge >= 0.3 is 5.97 Å². The van der Waals surface area contributed by atoms with Gasteiger partial charge < -0.3 is 10.2 Å². The third kappa shape index (κ3) is 2.71. The van der Waals surface area contributed by atoms with E-state index < -0.39 is 35.2 Å². The van der Waals surface area contributed by atoms with Crippen molar-refractivity contribution in [3.8, 4) is 5.75 Å². The molecule has 0 bridgehead atoms. The van der Waals surface area contributed by atoms with Crippen molar-refractivity contribution in [2.24, 2.45) is 0 Å². The molecule has 3 aromatic rings. The molecule has 2 N–H and O–H groups in total. The van der Waals surface area contributed by atoms with Crippen molar-refractivity contribution in [3.05, 3.63) is 64.9 Å². The Morgan fingerprint density at radius 1 is 1.12 bits per heavy atom. The molecule has 0 fully saturated rings. The maximum Gasteiger partial charge on any atom is 0.310 e. The average molecular weight is 359 g/mol. The summed E-state index contributed by atoms with van der Waals surface area (Å²) >= 11 is 0. The first-order valence-corrected chi connectivity index (χ1v) is 7.79. The molecule has 1 atom stereocenters. The highest BCUT2D eigenvalue weighted by atomic mass is 19.1. The number of carbonyl (C=O) groups excluding carboxylic acids is 1. The van der Waals surface area contributed by atoms with Crippen LogP contribution in [0, 0.1) is 18.6 Å². The number of phenolic OH excluding ortho intramolecular Hbond substituents is 1. The Kier molecular flexibility index (Phi) is 4.23. The number of carboxylic acids is 1. The minimum atomic E-state index is -1.12. The summed E-state index contributed by atoms with van der Waals surface area (Å²) < 4.78 is 28.2. The Balaban J connectivity index is 2.33. The third-order valence-corrected chi connectivity index (χ3v) is 4.42. The summed E-state index contributed by atoms with van der Waals surface area (Å²) in [5.74, 6) is -4.73. The van der Waals surface area contributed by atoms with Crippen LogP contribution in [0.3, 0.4) is 0 Å². The normalized spacial score (nSPS) is 12.3. The standard InChI is InChI=1S/C19H15F2NO4/c1-9(19(25)26)17-10(2)22(15-8-14(21)16(23)7-13(15)17)18(24)11-3-5-12(20)6-4-11/h3-9,23H,1-2H3,(H,25,26). The zero-order valence-corrected chi connectivity index (χ0v) is 14.0. The third-order valence-electron chi connectivity index (χ3n) is 4.42. The molecule has 7 heteroatoms. The van der Waals surface area contributed by atoms with Crippen LogP contribution in [0.2, 0.25) is 0 Å². The molecule has 0 aliphatic rings. The number of carboxylic acid groups (broad SMARTS) is 1. The summed E-state index contributed by atoms with van der Waals surface area (Å²) in [6.45, 7) is 2.99. The van der Waals surface area contributed by atoms with Crippen molar-refractivity contribution in [1.29, 1.82) is 0 Å². The average Bonchev–Trinajstić information content (AvgIpc) is 2.85. The second kappa shape index (κ2) is 6.25. The van der Waals surface area contributed by atoms with E-state index in [4.69, 9.17) is 0 Å². The number of phenols is 1. The van der Waals surface area contributed by atoms with Crippen molar-refractivity contribution >= 4 is 22.8 Å². The fraction of sp³-hybridized carbons (Fsp3) is 0.158. The Morgan fingerprint density at radius 2 is 1.73 bits per heavy atom. The lowest BCUT2D eigenvalue weighted by Crippen LogP contribution is -2.15. The minimum Gasteiger partial charge on any atom is -0.505 e. The van der Waals surface area contributed by atoms with Gasteiger partial charge in [-0.05, 0) is 49.7 Å². The fourth-order valence-electron chi connectivity index (χ4n) is 3.10. The topological polar surface area (TPSA) is 79.5 Å². The van der Waals surface area contributed by atoms with Crippen LogP contribution >= 0.6 is 0 Å². The molecule has 0 amide bonds. The molecule has 0 aliphatic carbocycles. The van der Waals surface area contributed by atoms with E-state index >= 15 is 0 Å². The molecule has 26 heavy (non-hydrogen) atoms. The second-order valence-electron chi connectivity index (χ2n) is 6.03. The minimum absolute atomic E-state index is 0.134. The monoisotopic (exact) mass is 359 g/mol. The predicted molar refractivity (Wildman–Crippen MR) is 90.5 cm³/mol. The number of aliphatic carboxylic acids is 1. The van der Waals surface area contributed by atoms with Crippen LogP contribution in [0.5, 0.6) is 5.75 Å². The molecule has 0 saturated carbocycles. The van der Waals surface area contributed by atoms with Gasteiger partial charge in [-0.3, -0.25) is 14.2 Å². The largest absolute Gasteiger partial charge is 0.505 e. The van der Waals surface area contributed by atoms with E-state index in [0.29, 0.717) is 11.3 Å². The molecule has 134 valence electrons. The lowest BCUT2D eigenvalue weighted by Gasteiger charge is -2.09. The summed E-state index contributed by atoms with van der Waals surface area (Å²) in [7, 11) is 0. The number of fused-ring (bicyclic) bond motifs is 1. The highest BCUT2D eigenvalue weighted by Crippen LogP contribution is 2.35. The molecule has 0 spiro atoms. The van der Waals surface area contributed by atoms with E-state index in [1.807, 2.05) is 0 Å². The van der Waals surface area contributed by atoms with E-state index in [1.165, 1.54) is 23.6 Å². The highest BCUT2D eigenvalue weighted by Gasteiger charge is 2.27. The number of hydrogen-bond donors (Lipinski definition) is 2. The summed E-state index contributed by atoms with van der Waals surface area (Å²) in [6, 6.07) is 6.93. The first-order chi connectivity index (χ1) is 12.2. The Labute approximate surface area is 147 Å². The zero-order valence-electron chi connectivity index (χ0n) is 14.0. The zero-order chi connectivity index (χ0) is 19.2. The van der Waals surface area contributed by atoms with Crippen LogP contribution in [0.1, 0.15) is 34.5 Å². The molecule has 3 rings (SSSR count). The number of aromatic nitrogens is 1. The molecule has 0 radical (unpaired) electrons. The van der Waals surface area contributed by atoms with Crippen molar-refractivity contribution < 1.29 is 28.6 Å². The van der Waals surface area contributed by atoms with Crippen LogP contribution in [0.15, 0.2) is 36.4 Å². The number of rotatable bonds is 3. The van der Waals surface area contributed by atoms with Gasteiger partial charge in [-0.2, -0.15) is 0 Å². The smallest absolute Gasteiger partial charge is 0.310 e. The van der Waals surface area contributed by atoms with Gasteiger partial charge in [0.05, 0.1) is 11.4 Å². The number of benzene rings is 2. The van der Waals surface area contributed by atoms with Gasteiger partial charge in [0, 0.05) is 22.7 Å². The molecular formula is C19H15F2NO4. The van der Waals surface area contributed by atoms with Crippen molar-refractivity contribution in [2.45, 2.75) is 19.8 Å². The van der Waals surface area contributed by atoms with Crippen molar-refractivity contribution in [1.82, 2.24) is 4.57 Å². The van der Waals surface area contributed by atoms with Crippen LogP contribution in [0.25, 0.3) is 10.9 Å². The number of nitrogens with zero attached hydrogens (tertiary/aromatic N) is 1. The van der Waals surface area contributed by atoms with Gasteiger partial charge in [0.15, 0.2) is 11.6 Å². The summed E-state index contributed by atoms with van der Waals surface area (Å²) in [5, 5.41) is 19.3. The van der Waals surface area contributed by atoms with Gasteiger partial charge in [-0.15, -0.1) is 0 Å². The van der Waals surface area contributed by atoms with Gasteiger partial charge in [0.25, 0.3) is 5.91 Å². The maximum atomic E-state index is 13.9. The van der Waals surface area contributed by atoms with E-state index in [0.717, 1.165) is 24.3 Å². The molecule has 1 heterocycles. The number of aromatic hydroxyl groups is 1. The second-order valence-corrected chi connectivity index (χ2v) is 6.03. The van der Waals surface area contributed by atoms with E-state index in [1.54, 1.807) is 6.92 Å². The summed E-state index contributed by atoms with van der Waals surface area (Å²) in [5.41, 5.74) is 0.914. The van der Waals surface area contributed by atoms with Crippen LogP contribution in [-0.4, -0.2) is 26.7 Å². The lowest BCUT2D eigenvalue weighted by atomic mass is 9.98. The quantitative estimate of drug-likeness (QED) is 0.745. The molecule has 0 saturated heterocycles. The van der Waals surface area contributed by atoms with Crippen LogP contribution in [-0.2, 0) is 4.79 Å². The maximum absolute atomic E-state index is 13.9. The van der Waals surface area contributed by atoms with Gasteiger partial charge in [-0.1, -0.05) is 0 Å². The lowest BCUT2D eigenvalue weighted by molar-refractivity contribution is -0.138.